The number of alkyl halides is 6. The minimum Gasteiger partial charge on any atom is -0.475 e. The number of carboxylic acid groups (broad SMARTS) is 1. The molecule has 1 saturated carbocycles. The van der Waals surface area contributed by atoms with Crippen molar-refractivity contribution in [2.45, 2.75) is 56.3 Å². The van der Waals surface area contributed by atoms with E-state index < -0.39 is 24.4 Å². The van der Waals surface area contributed by atoms with Gasteiger partial charge in [0, 0.05) is 30.4 Å². The molecule has 216 valence electrons. The summed E-state index contributed by atoms with van der Waals surface area (Å²) < 4.78 is 80.9. The first-order valence-corrected chi connectivity index (χ1v) is 11.7. The second-order valence-electron chi connectivity index (χ2n) is 8.92. The van der Waals surface area contributed by atoms with Crippen LogP contribution in [0, 0.1) is 0 Å². The Labute approximate surface area is 220 Å². The highest BCUT2D eigenvalue weighted by Gasteiger charge is 2.38. The zero-order chi connectivity index (χ0) is 29.1. The van der Waals surface area contributed by atoms with Gasteiger partial charge in [0.15, 0.2) is 0 Å². The SMILES string of the molecule is O=C(N[C@H]1CN[C@H](Cn2ccnn2)C1)c1nnc(-c2cc(OC(F)(F)F)ccc2C2CC2)o1.O=C(O)C(F)(F)F. The summed E-state index contributed by atoms with van der Waals surface area (Å²) in [5, 5.41) is 28.7. The maximum atomic E-state index is 12.6. The normalized spacial score (nSPS) is 19.1. The van der Waals surface area contributed by atoms with Crippen molar-refractivity contribution in [2.75, 3.05) is 6.54 Å². The van der Waals surface area contributed by atoms with Crippen molar-refractivity contribution >= 4 is 11.9 Å². The van der Waals surface area contributed by atoms with Crippen LogP contribution in [0.1, 0.15) is 41.4 Å². The number of hydrogen-bond donors (Lipinski definition) is 3. The maximum Gasteiger partial charge on any atom is 0.573 e. The fourth-order valence-electron chi connectivity index (χ4n) is 3.96. The minimum atomic E-state index is -5.08. The Balaban J connectivity index is 0.000000470. The Kier molecular flexibility index (Phi) is 8.26. The maximum absolute atomic E-state index is 12.6. The zero-order valence-electron chi connectivity index (χ0n) is 20.2. The van der Waals surface area contributed by atoms with Gasteiger partial charge in [-0.15, -0.1) is 28.5 Å². The van der Waals surface area contributed by atoms with E-state index in [1.54, 1.807) is 23.1 Å². The summed E-state index contributed by atoms with van der Waals surface area (Å²) in [5.41, 5.74) is 1.12. The van der Waals surface area contributed by atoms with Gasteiger partial charge in [0.2, 0.25) is 5.89 Å². The standard InChI is InChI=1S/C20H20F3N7O3.C2HF3O2/c21-20(22,23)33-14-3-4-15(11-1-2-11)16(8-14)18-27-28-19(32-18)17(31)26-12-7-13(24-9-12)10-30-6-5-25-29-30;3-2(4,5)1(6)7/h3-6,8,11-13,24H,1-2,7,9-10H2,(H,26,31);(H,6,7)/t12-,13+;/m1./s1. The molecule has 2 fully saturated rings. The smallest absolute Gasteiger partial charge is 0.475 e. The number of ether oxygens (including phenoxy) is 1. The largest absolute Gasteiger partial charge is 0.573 e. The Morgan fingerprint density at radius 3 is 2.50 bits per heavy atom. The molecule has 2 aromatic heterocycles. The van der Waals surface area contributed by atoms with Crippen LogP contribution in [0.4, 0.5) is 26.3 Å². The molecule has 2 atom stereocenters. The van der Waals surface area contributed by atoms with Crippen molar-refractivity contribution in [3.8, 4) is 17.2 Å². The van der Waals surface area contributed by atoms with Gasteiger partial charge >= 0.3 is 30.3 Å². The first kappa shape index (κ1) is 28.8. The van der Waals surface area contributed by atoms with Gasteiger partial charge in [-0.25, -0.2) is 4.79 Å². The van der Waals surface area contributed by atoms with Crippen LogP contribution in [0.2, 0.25) is 0 Å². The second-order valence-corrected chi connectivity index (χ2v) is 8.92. The van der Waals surface area contributed by atoms with Gasteiger partial charge in [-0.2, -0.15) is 13.2 Å². The lowest BCUT2D eigenvalue weighted by Gasteiger charge is -2.12. The van der Waals surface area contributed by atoms with Crippen LogP contribution in [0.3, 0.4) is 0 Å². The minimum absolute atomic E-state index is 0.0247. The van der Waals surface area contributed by atoms with Crippen molar-refractivity contribution in [1.29, 1.82) is 0 Å². The summed E-state index contributed by atoms with van der Waals surface area (Å²) in [6, 6.07) is 4.01. The molecular formula is C22H21F6N7O5. The first-order chi connectivity index (χ1) is 18.8. The summed E-state index contributed by atoms with van der Waals surface area (Å²) >= 11 is 0. The van der Waals surface area contributed by atoms with E-state index in [0.717, 1.165) is 18.4 Å². The van der Waals surface area contributed by atoms with E-state index in [2.05, 4.69) is 35.9 Å². The molecule has 1 aromatic carbocycles. The summed E-state index contributed by atoms with van der Waals surface area (Å²) in [5.74, 6) is -3.76. The predicted octanol–water partition coefficient (Wildman–Crippen LogP) is 2.90. The molecule has 2 aliphatic rings. The number of amides is 1. The lowest BCUT2D eigenvalue weighted by molar-refractivity contribution is -0.274. The number of rotatable bonds is 7. The zero-order valence-corrected chi connectivity index (χ0v) is 20.2. The van der Waals surface area contributed by atoms with E-state index in [1.807, 2.05) is 0 Å². The summed E-state index contributed by atoms with van der Waals surface area (Å²) in [6.07, 6.45) is -4.04. The number of aliphatic carboxylic acids is 1. The molecular weight excluding hydrogens is 556 g/mol. The van der Waals surface area contributed by atoms with E-state index in [-0.39, 0.29) is 35.5 Å². The van der Waals surface area contributed by atoms with Crippen molar-refractivity contribution in [3.63, 3.8) is 0 Å². The second kappa shape index (κ2) is 11.5. The summed E-state index contributed by atoms with van der Waals surface area (Å²) in [4.78, 5) is 21.5. The monoisotopic (exact) mass is 577 g/mol. The molecule has 3 aromatic rings. The van der Waals surface area contributed by atoms with E-state index >= 15 is 0 Å². The molecule has 0 unspecified atom stereocenters. The van der Waals surface area contributed by atoms with Crippen LogP contribution >= 0.6 is 0 Å². The molecule has 1 saturated heterocycles. The van der Waals surface area contributed by atoms with Gasteiger partial charge in [0.25, 0.3) is 0 Å². The van der Waals surface area contributed by atoms with Crippen molar-refractivity contribution in [1.82, 2.24) is 35.8 Å². The van der Waals surface area contributed by atoms with Crippen LogP contribution in [0.25, 0.3) is 11.5 Å². The number of benzene rings is 1. The first-order valence-electron chi connectivity index (χ1n) is 11.7. The van der Waals surface area contributed by atoms with E-state index in [1.165, 1.54) is 12.1 Å². The number of carbonyl (C=O) groups is 2. The van der Waals surface area contributed by atoms with Crippen LogP contribution < -0.4 is 15.4 Å². The molecule has 0 radical (unpaired) electrons. The molecule has 3 heterocycles. The van der Waals surface area contributed by atoms with E-state index in [9.17, 15) is 31.1 Å². The van der Waals surface area contributed by atoms with Gasteiger partial charge in [-0.05, 0) is 42.9 Å². The lowest BCUT2D eigenvalue weighted by Crippen LogP contribution is -2.36. The van der Waals surface area contributed by atoms with Crippen LogP contribution in [0.15, 0.2) is 35.0 Å². The Morgan fingerprint density at radius 2 is 1.90 bits per heavy atom. The molecule has 0 bridgehead atoms. The lowest BCUT2D eigenvalue weighted by atomic mass is 10.0. The Morgan fingerprint density at radius 1 is 1.18 bits per heavy atom. The van der Waals surface area contributed by atoms with Crippen molar-refractivity contribution < 1.29 is 50.2 Å². The number of carbonyl (C=O) groups excluding carboxylic acids is 1. The highest BCUT2D eigenvalue weighted by molar-refractivity contribution is 5.90. The summed E-state index contributed by atoms with van der Waals surface area (Å²) in [7, 11) is 0. The molecule has 40 heavy (non-hydrogen) atoms. The fraction of sp³-hybridized carbons (Fsp3) is 0.455. The third-order valence-electron chi connectivity index (χ3n) is 5.80. The van der Waals surface area contributed by atoms with E-state index in [0.29, 0.717) is 25.1 Å². The third-order valence-corrected chi connectivity index (χ3v) is 5.80. The molecule has 18 heteroatoms. The molecule has 1 amide bonds. The predicted molar refractivity (Wildman–Crippen MR) is 120 cm³/mol. The molecule has 3 N–H and O–H groups in total. The number of nitrogens with zero attached hydrogens (tertiary/aromatic N) is 5. The third kappa shape index (κ3) is 7.90. The number of aromatic nitrogens is 5. The molecule has 1 aliphatic carbocycles. The van der Waals surface area contributed by atoms with Crippen LogP contribution in [-0.4, -0.2) is 73.3 Å². The average molecular weight is 577 g/mol. The number of halogens is 6. The molecule has 12 nitrogen and oxygen atoms in total. The van der Waals surface area contributed by atoms with Crippen molar-refractivity contribution in [3.05, 3.63) is 42.0 Å². The van der Waals surface area contributed by atoms with Gasteiger partial charge in [0.1, 0.15) is 5.75 Å². The Hall–Kier alpha value is -4.22. The number of carboxylic acids is 1. The highest BCUT2D eigenvalue weighted by atomic mass is 19.4. The number of hydrogen-bond acceptors (Lipinski definition) is 9. The molecule has 1 aliphatic heterocycles. The fourth-order valence-corrected chi connectivity index (χ4v) is 3.96. The van der Waals surface area contributed by atoms with Crippen LogP contribution in [-0.2, 0) is 11.3 Å². The van der Waals surface area contributed by atoms with Gasteiger partial charge in [0.05, 0.1) is 12.7 Å². The van der Waals surface area contributed by atoms with Crippen molar-refractivity contribution in [2.24, 2.45) is 0 Å². The van der Waals surface area contributed by atoms with Gasteiger partial charge in [-0.1, -0.05) is 11.3 Å². The Bertz CT molecular complexity index is 1320. The topological polar surface area (TPSA) is 157 Å². The average Bonchev–Trinajstić information content (AvgIpc) is 3.23. The van der Waals surface area contributed by atoms with Gasteiger partial charge in [-0.3, -0.25) is 9.48 Å². The molecule has 0 spiro atoms. The van der Waals surface area contributed by atoms with E-state index in [4.69, 9.17) is 14.3 Å². The highest BCUT2D eigenvalue weighted by Crippen LogP contribution is 2.45. The quantitative estimate of drug-likeness (QED) is 0.357. The molecule has 5 rings (SSSR count). The van der Waals surface area contributed by atoms with Gasteiger partial charge < -0.3 is 24.9 Å². The van der Waals surface area contributed by atoms with Crippen LogP contribution in [0.5, 0.6) is 5.75 Å². The summed E-state index contributed by atoms with van der Waals surface area (Å²) in [6.45, 7) is 1.19. The number of nitrogens with one attached hydrogen (secondary N) is 2.